The molecule has 0 saturated carbocycles. The van der Waals surface area contributed by atoms with Gasteiger partial charge in [0, 0.05) is 21.0 Å². The molecule has 0 saturated heterocycles. The van der Waals surface area contributed by atoms with Crippen molar-refractivity contribution in [3.63, 3.8) is 0 Å². The number of hydrogen-bond donors (Lipinski definition) is 0. The minimum absolute atomic E-state index is 0.146. The fraction of sp³-hybridized carbons (Fsp3) is 0.357. The van der Waals surface area contributed by atoms with Gasteiger partial charge in [-0.3, -0.25) is 4.79 Å². The topological polar surface area (TPSA) is 20.3 Å². The molecule has 3 heteroatoms. The molecule has 2 aromatic rings. The average Bonchev–Trinajstić information content (AvgIpc) is 2.73. The van der Waals surface area contributed by atoms with Crippen molar-refractivity contribution in [2.75, 3.05) is 20.6 Å². The molecule has 0 bridgehead atoms. The number of rotatable bonds is 2. The van der Waals surface area contributed by atoms with Gasteiger partial charge < -0.3 is 4.90 Å². The highest BCUT2D eigenvalue weighted by atomic mass is 32.1. The standard InChI is InChI=1S/C10H8OS.C4H11N/c1-7(11)9-6-12-10-5-3-2-4-8(9)10;1-4-5(2)3/h2-6H,1H3;4H2,1-3H3. The number of hydrogen-bond acceptors (Lipinski definition) is 3. The molecule has 92 valence electrons. The van der Waals surface area contributed by atoms with E-state index in [1.165, 1.54) is 4.70 Å². The van der Waals surface area contributed by atoms with E-state index >= 15 is 0 Å². The summed E-state index contributed by atoms with van der Waals surface area (Å²) in [5, 5.41) is 3.00. The van der Waals surface area contributed by atoms with E-state index in [2.05, 4.69) is 25.9 Å². The highest BCUT2D eigenvalue weighted by Gasteiger charge is 2.05. The second-order valence-corrected chi connectivity index (χ2v) is 5.01. The second kappa shape index (κ2) is 6.52. The maximum Gasteiger partial charge on any atom is 0.161 e. The lowest BCUT2D eigenvalue weighted by Crippen LogP contribution is -2.08. The Kier molecular flexibility index (Phi) is 5.32. The van der Waals surface area contributed by atoms with Crippen LogP contribution < -0.4 is 0 Å². The van der Waals surface area contributed by atoms with Crippen molar-refractivity contribution in [2.45, 2.75) is 13.8 Å². The van der Waals surface area contributed by atoms with E-state index in [1.54, 1.807) is 18.3 Å². The Hall–Kier alpha value is -1.19. The molecule has 0 aliphatic rings. The van der Waals surface area contributed by atoms with E-state index < -0.39 is 0 Å². The Labute approximate surface area is 107 Å². The van der Waals surface area contributed by atoms with E-state index in [1.807, 2.05) is 29.6 Å². The molecule has 0 fully saturated rings. The van der Waals surface area contributed by atoms with Crippen LogP contribution in [0.5, 0.6) is 0 Å². The lowest BCUT2D eigenvalue weighted by atomic mass is 10.1. The first-order chi connectivity index (χ1) is 8.06. The minimum Gasteiger partial charge on any atom is -0.310 e. The third-order valence-electron chi connectivity index (χ3n) is 2.49. The number of fused-ring (bicyclic) bond motifs is 1. The number of carbonyl (C=O) groups excluding carboxylic acids is 1. The minimum atomic E-state index is 0.146. The molecule has 0 radical (unpaired) electrons. The Morgan fingerprint density at radius 2 is 1.88 bits per heavy atom. The quantitative estimate of drug-likeness (QED) is 0.757. The molecule has 2 rings (SSSR count). The molecule has 1 aromatic carbocycles. The predicted molar refractivity (Wildman–Crippen MR) is 76.1 cm³/mol. The van der Waals surface area contributed by atoms with E-state index in [-0.39, 0.29) is 5.78 Å². The van der Waals surface area contributed by atoms with Crippen molar-refractivity contribution >= 4 is 27.2 Å². The molecule has 2 nitrogen and oxygen atoms in total. The number of carbonyl (C=O) groups is 1. The van der Waals surface area contributed by atoms with Crippen LogP contribution in [0.1, 0.15) is 24.2 Å². The van der Waals surface area contributed by atoms with Gasteiger partial charge in [-0.2, -0.15) is 0 Å². The van der Waals surface area contributed by atoms with Gasteiger partial charge in [0.2, 0.25) is 0 Å². The summed E-state index contributed by atoms with van der Waals surface area (Å²) >= 11 is 1.62. The lowest BCUT2D eigenvalue weighted by Gasteiger charge is -2.00. The van der Waals surface area contributed by atoms with Gasteiger partial charge in [-0.15, -0.1) is 11.3 Å². The van der Waals surface area contributed by atoms with Gasteiger partial charge in [0.15, 0.2) is 5.78 Å². The normalized spacial score (nSPS) is 10.2. The highest BCUT2D eigenvalue weighted by Crippen LogP contribution is 2.25. The first kappa shape index (κ1) is 13.9. The van der Waals surface area contributed by atoms with Crippen molar-refractivity contribution in [3.05, 3.63) is 35.2 Å². The van der Waals surface area contributed by atoms with Gasteiger partial charge >= 0.3 is 0 Å². The van der Waals surface area contributed by atoms with Gasteiger partial charge in [0.25, 0.3) is 0 Å². The van der Waals surface area contributed by atoms with E-state index in [9.17, 15) is 4.79 Å². The molecule has 0 amide bonds. The Balaban J connectivity index is 0.000000249. The van der Waals surface area contributed by atoms with Crippen molar-refractivity contribution in [3.8, 4) is 0 Å². The third-order valence-corrected chi connectivity index (χ3v) is 3.46. The summed E-state index contributed by atoms with van der Waals surface area (Å²) in [6, 6.07) is 7.97. The highest BCUT2D eigenvalue weighted by molar-refractivity contribution is 7.17. The Morgan fingerprint density at radius 3 is 2.41 bits per heavy atom. The van der Waals surface area contributed by atoms with E-state index in [0.717, 1.165) is 17.5 Å². The van der Waals surface area contributed by atoms with Crippen LogP contribution >= 0.6 is 11.3 Å². The number of Topliss-reactive ketones (excluding diaryl/α,β-unsaturated/α-hetero) is 1. The summed E-state index contributed by atoms with van der Waals surface area (Å²) in [6.45, 7) is 4.87. The maximum atomic E-state index is 11.1. The zero-order valence-corrected chi connectivity index (χ0v) is 11.7. The summed E-state index contributed by atoms with van der Waals surface area (Å²) in [6.07, 6.45) is 0. The van der Waals surface area contributed by atoms with Crippen LogP contribution in [0.4, 0.5) is 0 Å². The number of nitrogens with zero attached hydrogens (tertiary/aromatic N) is 1. The fourth-order valence-corrected chi connectivity index (χ4v) is 2.25. The monoisotopic (exact) mass is 249 g/mol. The fourth-order valence-electron chi connectivity index (χ4n) is 1.25. The van der Waals surface area contributed by atoms with Gasteiger partial charge in [0.1, 0.15) is 0 Å². The van der Waals surface area contributed by atoms with E-state index in [4.69, 9.17) is 0 Å². The average molecular weight is 249 g/mol. The summed E-state index contributed by atoms with van der Waals surface area (Å²) in [5.74, 6) is 0.146. The molecule has 1 heterocycles. The molecular weight excluding hydrogens is 230 g/mol. The molecule has 17 heavy (non-hydrogen) atoms. The molecule has 0 atom stereocenters. The van der Waals surface area contributed by atoms with Gasteiger partial charge in [-0.1, -0.05) is 25.1 Å². The molecule has 0 aliphatic heterocycles. The summed E-state index contributed by atoms with van der Waals surface area (Å²) in [5.41, 5.74) is 0.843. The van der Waals surface area contributed by atoms with Gasteiger partial charge in [-0.25, -0.2) is 0 Å². The summed E-state index contributed by atoms with van der Waals surface area (Å²) in [4.78, 5) is 13.3. The van der Waals surface area contributed by atoms with Crippen LogP contribution in [0, 0.1) is 0 Å². The van der Waals surface area contributed by atoms with Crippen molar-refractivity contribution in [2.24, 2.45) is 0 Å². The van der Waals surface area contributed by atoms with Crippen LogP contribution in [-0.4, -0.2) is 31.3 Å². The molecule has 0 aliphatic carbocycles. The molecule has 0 spiro atoms. The molecule has 0 N–H and O–H groups in total. The van der Waals surface area contributed by atoms with Gasteiger partial charge in [-0.05, 0) is 33.6 Å². The van der Waals surface area contributed by atoms with Crippen LogP contribution in [0.15, 0.2) is 29.6 Å². The van der Waals surface area contributed by atoms with Crippen LogP contribution in [-0.2, 0) is 0 Å². The number of thiophene rings is 1. The van der Waals surface area contributed by atoms with Gasteiger partial charge in [0.05, 0.1) is 0 Å². The number of ketones is 1. The number of benzene rings is 1. The first-order valence-electron chi connectivity index (χ1n) is 5.68. The molecule has 1 aromatic heterocycles. The SMILES string of the molecule is CC(=O)c1csc2ccccc12.CCN(C)C. The largest absolute Gasteiger partial charge is 0.310 e. The molecule has 0 unspecified atom stereocenters. The van der Waals surface area contributed by atoms with Crippen LogP contribution in [0.3, 0.4) is 0 Å². The Morgan fingerprint density at radius 1 is 1.29 bits per heavy atom. The predicted octanol–water partition coefficient (Wildman–Crippen LogP) is 3.67. The maximum absolute atomic E-state index is 11.1. The first-order valence-corrected chi connectivity index (χ1v) is 6.56. The Bertz CT molecular complexity index is 488. The molecular formula is C14H19NOS. The lowest BCUT2D eigenvalue weighted by molar-refractivity contribution is 0.101. The van der Waals surface area contributed by atoms with E-state index in [0.29, 0.717) is 0 Å². The summed E-state index contributed by atoms with van der Waals surface area (Å²) in [7, 11) is 4.11. The van der Waals surface area contributed by atoms with Crippen molar-refractivity contribution in [1.82, 2.24) is 4.90 Å². The zero-order valence-electron chi connectivity index (χ0n) is 10.9. The second-order valence-electron chi connectivity index (χ2n) is 4.10. The van der Waals surface area contributed by atoms with Crippen molar-refractivity contribution in [1.29, 1.82) is 0 Å². The summed E-state index contributed by atoms with van der Waals surface area (Å²) < 4.78 is 1.18. The van der Waals surface area contributed by atoms with Crippen LogP contribution in [0.2, 0.25) is 0 Å². The smallest absolute Gasteiger partial charge is 0.161 e. The van der Waals surface area contributed by atoms with Crippen molar-refractivity contribution < 1.29 is 4.79 Å². The zero-order chi connectivity index (χ0) is 12.8. The van der Waals surface area contributed by atoms with Crippen LogP contribution in [0.25, 0.3) is 10.1 Å². The third kappa shape index (κ3) is 3.95.